The van der Waals surface area contributed by atoms with Gasteiger partial charge in [-0.25, -0.2) is 0 Å². The molecule has 7 nitrogen and oxygen atoms in total. The van der Waals surface area contributed by atoms with Crippen LogP contribution in [0.25, 0.3) is 0 Å². The van der Waals surface area contributed by atoms with E-state index in [0.717, 1.165) is 23.7 Å². The van der Waals surface area contributed by atoms with Crippen LogP contribution in [0.2, 0.25) is 0 Å². The molecule has 0 aromatic carbocycles. The first-order chi connectivity index (χ1) is 12.6. The first-order valence-corrected chi connectivity index (χ1v) is 9.89. The van der Waals surface area contributed by atoms with E-state index in [1.165, 1.54) is 42.9 Å². The Balaban J connectivity index is 1.26. The van der Waals surface area contributed by atoms with Crippen LogP contribution >= 0.6 is 0 Å². The zero-order valence-electron chi connectivity index (χ0n) is 14.9. The molecule has 7 heteroatoms. The summed E-state index contributed by atoms with van der Waals surface area (Å²) in [6, 6.07) is 1.53. The van der Waals surface area contributed by atoms with Crippen LogP contribution in [-0.2, 0) is 6.54 Å². The van der Waals surface area contributed by atoms with Crippen molar-refractivity contribution in [3.63, 3.8) is 0 Å². The van der Waals surface area contributed by atoms with Crippen LogP contribution in [0.5, 0.6) is 0 Å². The maximum atomic E-state index is 12.6. The summed E-state index contributed by atoms with van der Waals surface area (Å²) in [7, 11) is 0. The number of aromatic nitrogens is 2. The van der Waals surface area contributed by atoms with E-state index in [0.29, 0.717) is 18.2 Å². The van der Waals surface area contributed by atoms with Crippen LogP contribution in [0, 0.1) is 29.6 Å². The first kappa shape index (κ1) is 16.3. The summed E-state index contributed by atoms with van der Waals surface area (Å²) in [6.45, 7) is 1.14. The summed E-state index contributed by atoms with van der Waals surface area (Å²) < 4.78 is 1.44. The third-order valence-electron chi connectivity index (χ3n) is 7.05. The molecule has 2 heterocycles. The Bertz CT molecular complexity index is 715. The second-order valence-corrected chi connectivity index (χ2v) is 8.77. The van der Waals surface area contributed by atoms with Gasteiger partial charge in [-0.15, -0.1) is 0 Å². The Morgan fingerprint density at radius 3 is 2.62 bits per heavy atom. The molecular formula is C19H26N4O3. The molecular weight excluding hydrogens is 332 g/mol. The Kier molecular flexibility index (Phi) is 3.81. The minimum Gasteiger partial charge on any atom is -0.389 e. The molecule has 4 bridgehead atoms. The normalized spacial score (nSPS) is 37.8. The molecule has 26 heavy (non-hydrogen) atoms. The van der Waals surface area contributed by atoms with E-state index in [1.807, 2.05) is 0 Å². The molecule has 0 spiro atoms. The summed E-state index contributed by atoms with van der Waals surface area (Å²) in [4.78, 5) is 24.6. The number of β-amino-alcohol motifs (C(OH)–C–C–N with tert-alkyl or cyclic N) is 1. The van der Waals surface area contributed by atoms with Crippen molar-refractivity contribution in [2.75, 3.05) is 13.1 Å². The van der Waals surface area contributed by atoms with Gasteiger partial charge in [-0.2, -0.15) is 5.10 Å². The second-order valence-electron chi connectivity index (χ2n) is 8.77. The van der Waals surface area contributed by atoms with Crippen molar-refractivity contribution in [2.45, 2.75) is 44.8 Å². The molecule has 1 aliphatic heterocycles. The summed E-state index contributed by atoms with van der Waals surface area (Å²) in [5, 5.41) is 19.8. The SMILES string of the molecule is O=C(NCC1C2CC3CC(C2)CC1C3)c1cc2n(n1)CC(O)CNC2=O. The highest BCUT2D eigenvalue weighted by Gasteiger charge is 2.48. The zero-order valence-corrected chi connectivity index (χ0v) is 14.9. The molecule has 1 aromatic heterocycles. The lowest BCUT2D eigenvalue weighted by atomic mass is 9.52. The monoisotopic (exact) mass is 358 g/mol. The zero-order chi connectivity index (χ0) is 17.8. The molecule has 1 aromatic rings. The lowest BCUT2D eigenvalue weighted by Crippen LogP contribution is -2.49. The van der Waals surface area contributed by atoms with Gasteiger partial charge >= 0.3 is 0 Å². The fourth-order valence-corrected chi connectivity index (χ4v) is 6.09. The molecule has 5 aliphatic rings. The molecule has 2 amide bonds. The largest absolute Gasteiger partial charge is 0.389 e. The van der Waals surface area contributed by atoms with Gasteiger partial charge in [0.2, 0.25) is 0 Å². The van der Waals surface area contributed by atoms with Crippen LogP contribution in [0.15, 0.2) is 6.07 Å². The average Bonchev–Trinajstić information content (AvgIpc) is 2.97. The minimum atomic E-state index is -0.691. The van der Waals surface area contributed by atoms with Crippen molar-refractivity contribution in [1.29, 1.82) is 0 Å². The summed E-state index contributed by atoms with van der Waals surface area (Å²) >= 11 is 0. The molecule has 0 radical (unpaired) electrons. The molecule has 4 saturated carbocycles. The number of fused-ring (bicyclic) bond motifs is 1. The van der Waals surface area contributed by atoms with E-state index in [4.69, 9.17) is 0 Å². The molecule has 1 atom stereocenters. The van der Waals surface area contributed by atoms with Gasteiger partial charge in [-0.1, -0.05) is 0 Å². The van der Waals surface area contributed by atoms with Crippen molar-refractivity contribution in [3.05, 3.63) is 17.5 Å². The van der Waals surface area contributed by atoms with Gasteiger partial charge < -0.3 is 15.7 Å². The highest BCUT2D eigenvalue weighted by atomic mass is 16.3. The number of hydrogen-bond donors (Lipinski definition) is 3. The van der Waals surface area contributed by atoms with Gasteiger partial charge in [-0.05, 0) is 61.7 Å². The van der Waals surface area contributed by atoms with Gasteiger partial charge in [0.05, 0.1) is 12.6 Å². The number of aliphatic hydroxyl groups is 1. The second kappa shape index (κ2) is 6.08. The van der Waals surface area contributed by atoms with Crippen molar-refractivity contribution in [2.24, 2.45) is 29.6 Å². The van der Waals surface area contributed by atoms with Crippen molar-refractivity contribution in [1.82, 2.24) is 20.4 Å². The van der Waals surface area contributed by atoms with Crippen molar-refractivity contribution < 1.29 is 14.7 Å². The molecule has 4 fully saturated rings. The molecule has 0 saturated heterocycles. The van der Waals surface area contributed by atoms with Crippen LogP contribution in [-0.4, -0.2) is 45.9 Å². The van der Waals surface area contributed by atoms with E-state index in [2.05, 4.69) is 15.7 Å². The summed E-state index contributed by atoms with van der Waals surface area (Å²) in [6.07, 6.45) is 6.09. The number of nitrogens with zero attached hydrogens (tertiary/aromatic N) is 2. The maximum absolute atomic E-state index is 12.6. The van der Waals surface area contributed by atoms with Crippen molar-refractivity contribution in [3.8, 4) is 0 Å². The summed E-state index contributed by atoms with van der Waals surface area (Å²) in [5.41, 5.74) is 0.592. The van der Waals surface area contributed by atoms with Crippen LogP contribution < -0.4 is 10.6 Å². The number of hydrogen-bond acceptors (Lipinski definition) is 4. The third-order valence-corrected chi connectivity index (χ3v) is 7.05. The fraction of sp³-hybridized carbons (Fsp3) is 0.737. The lowest BCUT2D eigenvalue weighted by Gasteiger charge is -2.54. The lowest BCUT2D eigenvalue weighted by molar-refractivity contribution is -0.0347. The Hall–Kier alpha value is -1.89. The number of carbonyl (C=O) groups is 2. The highest BCUT2D eigenvalue weighted by Crippen LogP contribution is 2.56. The van der Waals surface area contributed by atoms with Gasteiger partial charge in [0.25, 0.3) is 11.8 Å². The van der Waals surface area contributed by atoms with Gasteiger partial charge in [0, 0.05) is 19.2 Å². The Morgan fingerprint density at radius 1 is 1.23 bits per heavy atom. The molecule has 1 unspecified atom stereocenters. The predicted octanol–water partition coefficient (Wildman–Crippen LogP) is 0.789. The molecule has 140 valence electrons. The number of carbonyl (C=O) groups excluding carboxylic acids is 2. The molecule has 3 N–H and O–H groups in total. The number of aliphatic hydroxyl groups excluding tert-OH is 1. The minimum absolute atomic E-state index is 0.205. The van der Waals surface area contributed by atoms with Crippen LogP contribution in [0.4, 0.5) is 0 Å². The number of rotatable bonds is 3. The van der Waals surface area contributed by atoms with E-state index >= 15 is 0 Å². The Morgan fingerprint density at radius 2 is 1.92 bits per heavy atom. The predicted molar refractivity (Wildman–Crippen MR) is 93.4 cm³/mol. The third kappa shape index (κ3) is 2.73. The first-order valence-electron chi connectivity index (χ1n) is 9.89. The van der Waals surface area contributed by atoms with Gasteiger partial charge in [-0.3, -0.25) is 14.3 Å². The van der Waals surface area contributed by atoms with Crippen LogP contribution in [0.3, 0.4) is 0 Å². The average molecular weight is 358 g/mol. The smallest absolute Gasteiger partial charge is 0.271 e. The van der Waals surface area contributed by atoms with E-state index in [9.17, 15) is 14.7 Å². The van der Waals surface area contributed by atoms with E-state index in [-0.39, 0.29) is 30.6 Å². The van der Waals surface area contributed by atoms with E-state index < -0.39 is 6.10 Å². The van der Waals surface area contributed by atoms with Gasteiger partial charge in [0.15, 0.2) is 5.69 Å². The van der Waals surface area contributed by atoms with Gasteiger partial charge in [0.1, 0.15) is 5.69 Å². The van der Waals surface area contributed by atoms with Crippen molar-refractivity contribution >= 4 is 11.8 Å². The van der Waals surface area contributed by atoms with Crippen LogP contribution in [0.1, 0.15) is 53.1 Å². The quantitative estimate of drug-likeness (QED) is 0.744. The fourth-order valence-electron chi connectivity index (χ4n) is 6.09. The van der Waals surface area contributed by atoms with E-state index in [1.54, 1.807) is 0 Å². The topological polar surface area (TPSA) is 96.2 Å². The molecule has 6 rings (SSSR count). The Labute approximate surface area is 152 Å². The highest BCUT2D eigenvalue weighted by molar-refractivity contribution is 5.98. The number of amides is 2. The maximum Gasteiger partial charge on any atom is 0.271 e. The number of nitrogens with one attached hydrogen (secondary N) is 2. The standard InChI is InChI=1S/C19H26N4O3/c24-14-7-20-19(26)17-6-16(22-23(17)9-14)18(25)21-8-15-12-2-10-1-11(4-12)5-13(15)3-10/h6,10-15,24H,1-5,7-9H2,(H,20,26)(H,21,25). The molecule has 4 aliphatic carbocycles. The summed E-state index contributed by atoms with van der Waals surface area (Å²) in [5.74, 6) is 3.47.